The summed E-state index contributed by atoms with van der Waals surface area (Å²) in [6.07, 6.45) is 3.55. The summed E-state index contributed by atoms with van der Waals surface area (Å²) in [5.41, 5.74) is 2.72. The zero-order chi connectivity index (χ0) is 16.9. The van der Waals surface area contributed by atoms with Crippen molar-refractivity contribution >= 4 is 39.2 Å². The maximum absolute atomic E-state index is 12.0. The number of hydrogen-bond acceptors (Lipinski definition) is 5. The number of aryl methyl sites for hydroxylation is 1. The van der Waals surface area contributed by atoms with Gasteiger partial charge in [0.25, 0.3) is 5.56 Å². The van der Waals surface area contributed by atoms with Crippen molar-refractivity contribution in [2.24, 2.45) is 0 Å². The Labute approximate surface area is 148 Å². The summed E-state index contributed by atoms with van der Waals surface area (Å²) in [7, 11) is 0. The number of H-pyrrole nitrogens is 1. The number of fused-ring (bicyclic) bond motifs is 1. The number of nitrogens with zero attached hydrogens (tertiary/aromatic N) is 2. The van der Waals surface area contributed by atoms with Crippen LogP contribution in [-0.4, -0.2) is 19.3 Å². The van der Waals surface area contributed by atoms with Gasteiger partial charge in [0.15, 0.2) is 0 Å². The number of aromatic amines is 1. The molecule has 1 aromatic carbocycles. The highest BCUT2D eigenvalue weighted by atomic mass is 32.2. The van der Waals surface area contributed by atoms with Gasteiger partial charge in [0, 0.05) is 24.7 Å². The molecule has 0 radical (unpaired) electrons. The third-order valence-electron chi connectivity index (χ3n) is 3.42. The molecule has 0 spiro atoms. The lowest BCUT2D eigenvalue weighted by Gasteiger charge is -2.08. The lowest BCUT2D eigenvalue weighted by Crippen LogP contribution is -2.17. The van der Waals surface area contributed by atoms with Crippen molar-refractivity contribution in [3.05, 3.63) is 70.0 Å². The van der Waals surface area contributed by atoms with Crippen LogP contribution >= 0.6 is 24.0 Å². The van der Waals surface area contributed by atoms with E-state index in [2.05, 4.69) is 20.3 Å². The summed E-state index contributed by atoms with van der Waals surface area (Å²) >= 11 is 6.88. The quantitative estimate of drug-likeness (QED) is 0.701. The maximum atomic E-state index is 12.0. The van der Waals surface area contributed by atoms with Gasteiger partial charge in [0.05, 0.1) is 10.9 Å². The zero-order valence-electron chi connectivity index (χ0n) is 13.1. The van der Waals surface area contributed by atoms with E-state index in [1.54, 1.807) is 13.1 Å². The first-order valence-electron chi connectivity index (χ1n) is 7.41. The number of thiocarbonyl (C=S) groups is 1. The van der Waals surface area contributed by atoms with Gasteiger partial charge >= 0.3 is 0 Å². The van der Waals surface area contributed by atoms with Gasteiger partial charge in [-0.2, -0.15) is 0 Å². The van der Waals surface area contributed by atoms with Crippen LogP contribution in [0.2, 0.25) is 0 Å². The first kappa shape index (κ1) is 16.6. The van der Waals surface area contributed by atoms with Crippen LogP contribution in [0, 0.1) is 6.92 Å². The molecule has 0 fully saturated rings. The molecule has 0 amide bonds. The Morgan fingerprint density at radius 2 is 2.21 bits per heavy atom. The lowest BCUT2D eigenvalue weighted by molar-refractivity contribution is 0.929. The number of thioether (sulfide) groups is 1. The lowest BCUT2D eigenvalue weighted by atomic mass is 10.2. The minimum Gasteiger partial charge on any atom is -0.367 e. The van der Waals surface area contributed by atoms with Gasteiger partial charge in [-0.1, -0.05) is 36.1 Å². The molecule has 2 aromatic heterocycles. The van der Waals surface area contributed by atoms with E-state index in [9.17, 15) is 4.79 Å². The highest BCUT2D eigenvalue weighted by Crippen LogP contribution is 2.17. The second-order valence-corrected chi connectivity index (χ2v) is 6.95. The third kappa shape index (κ3) is 4.18. The molecular formula is C17H16N4OS2. The van der Waals surface area contributed by atoms with Crippen LogP contribution in [0.15, 0.2) is 47.5 Å². The number of rotatable bonds is 4. The molecule has 24 heavy (non-hydrogen) atoms. The molecule has 0 saturated carbocycles. The summed E-state index contributed by atoms with van der Waals surface area (Å²) in [5.74, 6) is 1.32. The average Bonchev–Trinajstić information content (AvgIpc) is 2.59. The van der Waals surface area contributed by atoms with E-state index in [1.807, 2.05) is 36.5 Å². The zero-order valence-corrected chi connectivity index (χ0v) is 14.7. The first-order chi connectivity index (χ1) is 11.6. The first-order valence-corrected chi connectivity index (χ1v) is 8.80. The van der Waals surface area contributed by atoms with Gasteiger partial charge in [0.1, 0.15) is 10.1 Å². The van der Waals surface area contributed by atoms with Gasteiger partial charge in [-0.25, -0.2) is 4.98 Å². The Bertz CT molecular complexity index is 925. The second-order valence-electron chi connectivity index (χ2n) is 5.29. The molecule has 3 aromatic rings. The monoisotopic (exact) mass is 356 g/mol. The van der Waals surface area contributed by atoms with Crippen LogP contribution in [0.5, 0.6) is 0 Å². The summed E-state index contributed by atoms with van der Waals surface area (Å²) in [6.45, 7) is 2.43. The van der Waals surface area contributed by atoms with E-state index < -0.39 is 0 Å². The normalized spacial score (nSPS) is 10.7. The fraction of sp³-hybridized carbons (Fsp3) is 0.176. The second kappa shape index (κ2) is 7.55. The van der Waals surface area contributed by atoms with E-state index in [1.165, 1.54) is 11.8 Å². The van der Waals surface area contributed by atoms with E-state index in [0.717, 1.165) is 15.4 Å². The van der Waals surface area contributed by atoms with Crippen molar-refractivity contribution in [3.8, 4) is 0 Å². The van der Waals surface area contributed by atoms with Crippen molar-refractivity contribution < 1.29 is 0 Å². The van der Waals surface area contributed by atoms with Gasteiger partial charge in [-0.05, 0) is 36.2 Å². The number of pyridine rings is 1. The number of benzene rings is 1. The van der Waals surface area contributed by atoms with Crippen LogP contribution in [-0.2, 0) is 12.3 Å². The number of hydrogen-bond donors (Lipinski definition) is 2. The van der Waals surface area contributed by atoms with Crippen LogP contribution in [0.1, 0.15) is 17.0 Å². The summed E-state index contributed by atoms with van der Waals surface area (Å²) < 4.78 is 0.717. The minimum atomic E-state index is -0.110. The third-order valence-corrected chi connectivity index (χ3v) is 4.80. The van der Waals surface area contributed by atoms with Crippen molar-refractivity contribution in [2.75, 3.05) is 0 Å². The molecule has 3 rings (SSSR count). The molecule has 0 saturated heterocycles. The molecule has 0 atom stereocenters. The van der Waals surface area contributed by atoms with Crippen molar-refractivity contribution in [1.82, 2.24) is 20.3 Å². The Morgan fingerprint density at radius 1 is 1.33 bits per heavy atom. The largest absolute Gasteiger partial charge is 0.367 e. The highest BCUT2D eigenvalue weighted by Gasteiger charge is 2.05. The van der Waals surface area contributed by atoms with Crippen molar-refractivity contribution in [2.45, 2.75) is 19.2 Å². The Balaban J connectivity index is 1.61. The van der Waals surface area contributed by atoms with Gasteiger partial charge < -0.3 is 10.3 Å². The van der Waals surface area contributed by atoms with Crippen LogP contribution in [0.3, 0.4) is 0 Å². The predicted octanol–water partition coefficient (Wildman–Crippen LogP) is 2.93. The van der Waals surface area contributed by atoms with Gasteiger partial charge in [-0.15, -0.1) is 0 Å². The Hall–Kier alpha value is -2.25. The Kier molecular flexibility index (Phi) is 5.22. The molecule has 0 unspecified atom stereocenters. The van der Waals surface area contributed by atoms with Crippen molar-refractivity contribution in [1.29, 1.82) is 0 Å². The molecule has 0 aliphatic rings. The van der Waals surface area contributed by atoms with E-state index in [4.69, 9.17) is 12.2 Å². The molecule has 0 bridgehead atoms. The SMILES string of the molecule is Cc1nc2ccc(CSC(=S)NCc3cccnc3)cc2c(=O)[nH]1. The van der Waals surface area contributed by atoms with Crippen LogP contribution in [0.4, 0.5) is 0 Å². The smallest absolute Gasteiger partial charge is 0.258 e. The number of aromatic nitrogens is 3. The van der Waals surface area contributed by atoms with E-state index in [0.29, 0.717) is 29.0 Å². The fourth-order valence-corrected chi connectivity index (χ4v) is 3.17. The molecule has 0 aliphatic carbocycles. The minimum absolute atomic E-state index is 0.110. The molecule has 122 valence electrons. The molecule has 0 aliphatic heterocycles. The van der Waals surface area contributed by atoms with E-state index >= 15 is 0 Å². The van der Waals surface area contributed by atoms with Gasteiger partial charge in [0.2, 0.25) is 0 Å². The predicted molar refractivity (Wildman–Crippen MR) is 102 cm³/mol. The standard InChI is InChI=1S/C17H16N4OS2/c1-11-20-15-5-4-12(7-14(15)16(22)21-11)10-24-17(23)19-9-13-3-2-6-18-8-13/h2-8H,9-10H2,1H3,(H,19,23)(H,20,21,22). The molecule has 7 heteroatoms. The Morgan fingerprint density at radius 3 is 3.00 bits per heavy atom. The maximum Gasteiger partial charge on any atom is 0.258 e. The summed E-state index contributed by atoms with van der Waals surface area (Å²) in [5, 5.41) is 3.80. The summed E-state index contributed by atoms with van der Waals surface area (Å²) in [6, 6.07) is 9.62. The average molecular weight is 356 g/mol. The fourth-order valence-electron chi connectivity index (χ4n) is 2.27. The highest BCUT2D eigenvalue weighted by molar-refractivity contribution is 8.22. The molecule has 2 N–H and O–H groups in total. The van der Waals surface area contributed by atoms with Crippen molar-refractivity contribution in [3.63, 3.8) is 0 Å². The number of nitrogens with one attached hydrogen (secondary N) is 2. The van der Waals surface area contributed by atoms with Gasteiger partial charge in [-0.3, -0.25) is 9.78 Å². The summed E-state index contributed by atoms with van der Waals surface area (Å²) in [4.78, 5) is 23.1. The molecule has 2 heterocycles. The molecular weight excluding hydrogens is 340 g/mol. The van der Waals surface area contributed by atoms with E-state index in [-0.39, 0.29) is 5.56 Å². The topological polar surface area (TPSA) is 70.7 Å². The van der Waals surface area contributed by atoms with Crippen LogP contribution in [0.25, 0.3) is 10.9 Å². The van der Waals surface area contributed by atoms with Crippen LogP contribution < -0.4 is 10.9 Å². The molecule has 5 nitrogen and oxygen atoms in total.